The Hall–Kier alpha value is -0.920. The average Bonchev–Trinajstić information content (AvgIpc) is 2.47. The Balaban J connectivity index is 3.08. The molecule has 0 atom stereocenters. The molecular formula is C10H19N3O3S. The number of aryl methyl sites for hydroxylation is 1. The molecule has 0 aliphatic carbocycles. The van der Waals surface area contributed by atoms with E-state index in [1.807, 2.05) is 0 Å². The minimum atomic E-state index is -3.70. The highest BCUT2D eigenvalue weighted by Gasteiger charge is 2.39. The van der Waals surface area contributed by atoms with E-state index in [-0.39, 0.29) is 5.03 Å². The minimum Gasteiger partial charge on any atom is -0.389 e. The second kappa shape index (κ2) is 4.08. The number of hydrogen-bond acceptors (Lipinski definition) is 4. The molecule has 0 radical (unpaired) electrons. The summed E-state index contributed by atoms with van der Waals surface area (Å²) in [6, 6.07) is 1.41. The number of nitrogens with one attached hydrogen (secondary N) is 1. The molecule has 1 heterocycles. The molecule has 0 spiro atoms. The van der Waals surface area contributed by atoms with Gasteiger partial charge >= 0.3 is 0 Å². The first-order valence-corrected chi connectivity index (χ1v) is 6.70. The van der Waals surface area contributed by atoms with E-state index in [1.165, 1.54) is 16.9 Å². The first-order valence-electron chi connectivity index (χ1n) is 5.22. The van der Waals surface area contributed by atoms with Crippen molar-refractivity contribution in [1.29, 1.82) is 0 Å². The number of hydrogen-bond donors (Lipinski definition) is 2. The van der Waals surface area contributed by atoms with Crippen LogP contribution in [-0.2, 0) is 17.1 Å². The molecule has 0 bridgehead atoms. The van der Waals surface area contributed by atoms with Crippen LogP contribution < -0.4 is 4.72 Å². The number of nitrogens with zero attached hydrogens (tertiary/aromatic N) is 2. The van der Waals surface area contributed by atoms with Gasteiger partial charge in [0.15, 0.2) is 5.03 Å². The third-order valence-electron chi connectivity index (χ3n) is 2.97. The maximum atomic E-state index is 12.1. The van der Waals surface area contributed by atoms with Crippen LogP contribution >= 0.6 is 0 Å². The van der Waals surface area contributed by atoms with E-state index in [0.29, 0.717) is 0 Å². The van der Waals surface area contributed by atoms with Crippen molar-refractivity contribution in [2.45, 2.75) is 43.9 Å². The van der Waals surface area contributed by atoms with Gasteiger partial charge in [-0.3, -0.25) is 4.68 Å². The lowest BCUT2D eigenvalue weighted by atomic mass is 9.87. The molecule has 1 aromatic rings. The summed E-state index contributed by atoms with van der Waals surface area (Å²) in [6.45, 7) is 6.36. The summed E-state index contributed by atoms with van der Waals surface area (Å²) in [4.78, 5) is 0. The van der Waals surface area contributed by atoms with Gasteiger partial charge in [-0.15, -0.1) is 0 Å². The van der Waals surface area contributed by atoms with Crippen LogP contribution in [-0.4, -0.2) is 34.4 Å². The highest BCUT2D eigenvalue weighted by molar-refractivity contribution is 7.89. The molecule has 0 aromatic carbocycles. The van der Waals surface area contributed by atoms with Crippen molar-refractivity contribution in [3.05, 3.63) is 12.3 Å². The first-order chi connectivity index (χ1) is 7.47. The first kappa shape index (κ1) is 14.1. The van der Waals surface area contributed by atoms with E-state index in [4.69, 9.17) is 0 Å². The molecule has 0 saturated heterocycles. The molecule has 17 heavy (non-hydrogen) atoms. The average molecular weight is 261 g/mol. The largest absolute Gasteiger partial charge is 0.389 e. The summed E-state index contributed by atoms with van der Waals surface area (Å²) < 4.78 is 27.9. The lowest BCUT2D eigenvalue weighted by molar-refractivity contribution is 0.00633. The predicted molar refractivity (Wildman–Crippen MR) is 63.9 cm³/mol. The normalized spacial score (nSPS) is 14.0. The maximum absolute atomic E-state index is 12.1. The third-order valence-corrected chi connectivity index (χ3v) is 4.70. The monoisotopic (exact) mass is 261 g/mol. The fraction of sp³-hybridized carbons (Fsp3) is 0.700. The standard InChI is InChI=1S/C10H19N3O3S/c1-9(2,10(3,4)14)12-17(15,16)8-6-7-11-13(8)5/h6-7,12,14H,1-5H3. The Morgan fingerprint density at radius 2 is 1.88 bits per heavy atom. The highest BCUT2D eigenvalue weighted by Crippen LogP contribution is 2.23. The van der Waals surface area contributed by atoms with Gasteiger partial charge in [0.1, 0.15) is 0 Å². The molecule has 0 aliphatic rings. The molecule has 0 amide bonds. The molecule has 98 valence electrons. The molecule has 6 nitrogen and oxygen atoms in total. The van der Waals surface area contributed by atoms with Gasteiger partial charge in [0.2, 0.25) is 0 Å². The molecule has 2 N–H and O–H groups in total. The van der Waals surface area contributed by atoms with Crippen molar-refractivity contribution in [2.75, 3.05) is 0 Å². The van der Waals surface area contributed by atoms with Crippen molar-refractivity contribution >= 4 is 10.0 Å². The van der Waals surface area contributed by atoms with Gasteiger partial charge in [0.05, 0.1) is 17.3 Å². The van der Waals surface area contributed by atoms with Crippen LogP contribution in [0.3, 0.4) is 0 Å². The Labute approximate surface area is 102 Å². The van der Waals surface area contributed by atoms with Crippen LogP contribution in [0.15, 0.2) is 17.3 Å². The number of aliphatic hydroxyl groups is 1. The van der Waals surface area contributed by atoms with Gasteiger partial charge in [0, 0.05) is 7.05 Å². The summed E-state index contributed by atoms with van der Waals surface area (Å²) in [5.41, 5.74) is -2.17. The van der Waals surface area contributed by atoms with E-state index >= 15 is 0 Å². The van der Waals surface area contributed by atoms with Crippen molar-refractivity contribution in [3.8, 4) is 0 Å². The quantitative estimate of drug-likeness (QED) is 0.813. The zero-order valence-corrected chi connectivity index (χ0v) is 11.5. The number of aromatic nitrogens is 2. The number of sulfonamides is 1. The molecule has 0 aliphatic heterocycles. The minimum absolute atomic E-state index is 0.0647. The van der Waals surface area contributed by atoms with Crippen molar-refractivity contribution in [3.63, 3.8) is 0 Å². The zero-order valence-electron chi connectivity index (χ0n) is 10.7. The van der Waals surface area contributed by atoms with Gasteiger partial charge in [-0.2, -0.15) is 5.10 Å². The summed E-state index contributed by atoms with van der Waals surface area (Å²) in [6.07, 6.45) is 1.41. The zero-order chi connectivity index (χ0) is 13.5. The van der Waals surface area contributed by atoms with Gasteiger partial charge in [0.25, 0.3) is 10.0 Å². The smallest absolute Gasteiger partial charge is 0.258 e. The SMILES string of the molecule is Cn1nccc1S(=O)(=O)NC(C)(C)C(C)(C)O. The van der Waals surface area contributed by atoms with Crippen LogP contribution in [0.5, 0.6) is 0 Å². The van der Waals surface area contributed by atoms with Crippen LogP contribution in [0.2, 0.25) is 0 Å². The van der Waals surface area contributed by atoms with Crippen molar-refractivity contribution < 1.29 is 13.5 Å². The van der Waals surface area contributed by atoms with E-state index in [0.717, 1.165) is 0 Å². The lowest BCUT2D eigenvalue weighted by Gasteiger charge is -2.37. The Morgan fingerprint density at radius 1 is 1.35 bits per heavy atom. The van der Waals surface area contributed by atoms with Crippen molar-refractivity contribution in [2.24, 2.45) is 7.05 Å². The maximum Gasteiger partial charge on any atom is 0.258 e. The second-order valence-electron chi connectivity index (χ2n) is 5.08. The van der Waals surface area contributed by atoms with Crippen LogP contribution in [0, 0.1) is 0 Å². The van der Waals surface area contributed by atoms with E-state index in [9.17, 15) is 13.5 Å². The Kier molecular flexibility index (Phi) is 3.39. The molecule has 1 aromatic heterocycles. The second-order valence-corrected chi connectivity index (χ2v) is 6.71. The highest BCUT2D eigenvalue weighted by atomic mass is 32.2. The summed E-state index contributed by atoms with van der Waals surface area (Å²) in [7, 11) is -2.15. The Bertz CT molecular complexity index is 497. The van der Waals surface area contributed by atoms with Crippen LogP contribution in [0.1, 0.15) is 27.7 Å². The molecule has 7 heteroatoms. The van der Waals surface area contributed by atoms with Gasteiger partial charge in [-0.1, -0.05) is 0 Å². The summed E-state index contributed by atoms with van der Waals surface area (Å²) in [5, 5.41) is 13.8. The molecule has 0 saturated carbocycles. The Morgan fingerprint density at radius 3 is 2.24 bits per heavy atom. The van der Waals surface area contributed by atoms with Gasteiger partial charge < -0.3 is 5.11 Å². The molecule has 0 unspecified atom stereocenters. The number of rotatable bonds is 4. The van der Waals surface area contributed by atoms with Crippen molar-refractivity contribution in [1.82, 2.24) is 14.5 Å². The third kappa shape index (κ3) is 2.85. The van der Waals surface area contributed by atoms with Gasteiger partial charge in [-0.05, 0) is 33.8 Å². The molecule has 1 rings (SSSR count). The van der Waals surface area contributed by atoms with E-state index in [2.05, 4.69) is 9.82 Å². The topological polar surface area (TPSA) is 84.2 Å². The van der Waals surface area contributed by atoms with Gasteiger partial charge in [-0.25, -0.2) is 13.1 Å². The van der Waals surface area contributed by atoms with Crippen LogP contribution in [0.4, 0.5) is 0 Å². The van der Waals surface area contributed by atoms with E-state index < -0.39 is 21.2 Å². The molecular weight excluding hydrogens is 242 g/mol. The fourth-order valence-electron chi connectivity index (χ4n) is 1.14. The summed E-state index contributed by atoms with van der Waals surface area (Å²) in [5.74, 6) is 0. The van der Waals surface area contributed by atoms with Crippen LogP contribution in [0.25, 0.3) is 0 Å². The summed E-state index contributed by atoms with van der Waals surface area (Å²) >= 11 is 0. The fourth-order valence-corrected chi connectivity index (χ4v) is 2.80. The van der Waals surface area contributed by atoms with E-state index in [1.54, 1.807) is 34.7 Å². The predicted octanol–water partition coefficient (Wildman–Crippen LogP) is 0.248. The molecule has 0 fully saturated rings. The lowest BCUT2D eigenvalue weighted by Crippen LogP contribution is -2.57.